The molecule has 0 saturated heterocycles. The van der Waals surface area contributed by atoms with Crippen molar-refractivity contribution in [2.24, 2.45) is 0 Å². The molecule has 0 spiro atoms. The molecule has 0 heterocycles. The molecule has 0 unspecified atom stereocenters. The van der Waals surface area contributed by atoms with Crippen LogP contribution in [0.3, 0.4) is 0 Å². The molecule has 0 atom stereocenters. The molecule has 0 aromatic carbocycles. The van der Waals surface area contributed by atoms with Crippen molar-refractivity contribution in [2.75, 3.05) is 0 Å². The van der Waals surface area contributed by atoms with Crippen molar-refractivity contribution in [3.05, 3.63) is 34.9 Å². The van der Waals surface area contributed by atoms with E-state index in [0.717, 1.165) is 0 Å². The smallest absolute Gasteiger partial charge is 0.129 e. The van der Waals surface area contributed by atoms with Crippen LogP contribution in [0.2, 0.25) is 0 Å². The Morgan fingerprint density at radius 3 is 1.61 bits per heavy atom. The minimum Gasteiger partial charge on any atom is -0.300 e. The second-order valence-electron chi connectivity index (χ2n) is 3.84. The van der Waals surface area contributed by atoms with Crippen molar-refractivity contribution in [1.29, 1.82) is 0 Å². The summed E-state index contributed by atoms with van der Waals surface area (Å²) in [5.74, 6) is 0.255. The Hall–Kier alpha value is -1.11. The first-order valence-corrected chi connectivity index (χ1v) is 6.83. The van der Waals surface area contributed by atoms with Crippen molar-refractivity contribution >= 4 is 5.78 Å². The Balaban J connectivity index is -0.000000270. The molecule has 1 heteroatoms. The number of carbonyl (C=O) groups is 1. The van der Waals surface area contributed by atoms with E-state index >= 15 is 0 Å². The van der Waals surface area contributed by atoms with E-state index in [0.29, 0.717) is 6.42 Å². The van der Waals surface area contributed by atoms with Crippen LogP contribution in [0, 0.1) is 0 Å². The van der Waals surface area contributed by atoms with Gasteiger partial charge in [-0.1, -0.05) is 44.6 Å². The maximum Gasteiger partial charge on any atom is 0.129 e. The van der Waals surface area contributed by atoms with E-state index in [1.54, 1.807) is 6.92 Å². The number of rotatable bonds is 3. The molecule has 0 aliphatic heterocycles. The predicted molar refractivity (Wildman–Crippen MR) is 84.9 cm³/mol. The molecule has 18 heavy (non-hydrogen) atoms. The van der Waals surface area contributed by atoms with Crippen molar-refractivity contribution in [1.82, 2.24) is 0 Å². The summed E-state index contributed by atoms with van der Waals surface area (Å²) in [6.45, 7) is 18.0. The number of hydrogen-bond acceptors (Lipinski definition) is 1. The third-order valence-electron chi connectivity index (χ3n) is 2.53. The lowest BCUT2D eigenvalue weighted by Crippen LogP contribution is -1.82. The molecular formula is C17H32O. The van der Waals surface area contributed by atoms with E-state index in [2.05, 4.69) is 45.9 Å². The summed E-state index contributed by atoms with van der Waals surface area (Å²) in [5, 5.41) is 0. The first kappa shape index (κ1) is 22.1. The molecule has 106 valence electrons. The highest BCUT2D eigenvalue weighted by atomic mass is 16.1. The summed E-state index contributed by atoms with van der Waals surface area (Å²) >= 11 is 0. The fourth-order valence-electron chi connectivity index (χ4n) is 0.903. The van der Waals surface area contributed by atoms with Gasteiger partial charge in [0.05, 0.1) is 0 Å². The van der Waals surface area contributed by atoms with Gasteiger partial charge in [0.15, 0.2) is 0 Å². The Morgan fingerprint density at radius 2 is 1.39 bits per heavy atom. The van der Waals surface area contributed by atoms with Crippen molar-refractivity contribution in [3.8, 4) is 0 Å². The van der Waals surface area contributed by atoms with Crippen LogP contribution >= 0.6 is 0 Å². The van der Waals surface area contributed by atoms with Gasteiger partial charge in [-0.2, -0.15) is 0 Å². The van der Waals surface area contributed by atoms with Gasteiger partial charge in [-0.05, 0) is 52.7 Å². The highest BCUT2D eigenvalue weighted by molar-refractivity contribution is 5.74. The van der Waals surface area contributed by atoms with Crippen LogP contribution in [-0.2, 0) is 4.79 Å². The molecule has 0 aromatic rings. The molecule has 0 N–H and O–H groups in total. The van der Waals surface area contributed by atoms with Crippen LogP contribution in [0.15, 0.2) is 34.9 Å². The Kier molecular flexibility index (Phi) is 19.5. The first-order valence-electron chi connectivity index (χ1n) is 6.83. The zero-order valence-corrected chi connectivity index (χ0v) is 13.8. The maximum atomic E-state index is 9.81. The standard InChI is InChI=1S/C11H18.C4H8O.C2H6/c1-6-8-10(4)11(5)9(3)7-2;1-3-4(2)5;1-2/h6-8H,1-5H3;3H2,1-2H3;1-2H3/b8-6-,9-7-,11-10+;;. The molecule has 0 amide bonds. The number of carbonyl (C=O) groups excluding carboxylic acids is 1. The van der Waals surface area contributed by atoms with E-state index in [4.69, 9.17) is 0 Å². The third-order valence-corrected chi connectivity index (χ3v) is 2.53. The monoisotopic (exact) mass is 252 g/mol. The van der Waals surface area contributed by atoms with Crippen molar-refractivity contribution in [3.63, 3.8) is 0 Å². The van der Waals surface area contributed by atoms with Gasteiger partial charge in [0, 0.05) is 6.42 Å². The summed E-state index contributed by atoms with van der Waals surface area (Å²) < 4.78 is 0. The van der Waals surface area contributed by atoms with Crippen LogP contribution in [0.1, 0.15) is 68.7 Å². The number of ketones is 1. The number of Topliss-reactive ketones (excluding diaryl/α,β-unsaturated/α-hetero) is 1. The summed E-state index contributed by atoms with van der Waals surface area (Å²) in [4.78, 5) is 9.81. The molecule has 0 fully saturated rings. The lowest BCUT2D eigenvalue weighted by molar-refractivity contribution is -0.116. The number of hydrogen-bond donors (Lipinski definition) is 0. The van der Waals surface area contributed by atoms with Gasteiger partial charge in [0.1, 0.15) is 5.78 Å². The van der Waals surface area contributed by atoms with E-state index in [-0.39, 0.29) is 5.78 Å². The second kappa shape index (κ2) is 15.9. The highest BCUT2D eigenvalue weighted by Crippen LogP contribution is 2.13. The van der Waals surface area contributed by atoms with Crippen LogP contribution < -0.4 is 0 Å². The minimum absolute atomic E-state index is 0.255. The van der Waals surface area contributed by atoms with Gasteiger partial charge in [-0.25, -0.2) is 0 Å². The van der Waals surface area contributed by atoms with Crippen LogP contribution in [-0.4, -0.2) is 5.78 Å². The molecule has 0 aliphatic carbocycles. The summed E-state index contributed by atoms with van der Waals surface area (Å²) in [5.41, 5.74) is 4.09. The largest absolute Gasteiger partial charge is 0.300 e. The quantitative estimate of drug-likeness (QED) is 0.573. The summed E-state index contributed by atoms with van der Waals surface area (Å²) in [6.07, 6.45) is 7.02. The zero-order chi connectivity index (χ0) is 15.1. The maximum absolute atomic E-state index is 9.81. The van der Waals surface area contributed by atoms with Crippen LogP contribution in [0.4, 0.5) is 0 Å². The molecule has 0 aliphatic rings. The topological polar surface area (TPSA) is 17.1 Å². The van der Waals surface area contributed by atoms with Gasteiger partial charge >= 0.3 is 0 Å². The average Bonchev–Trinajstić information content (AvgIpc) is 2.40. The molecular weight excluding hydrogens is 220 g/mol. The molecule has 0 aromatic heterocycles. The normalized spacial score (nSPS) is 11.9. The van der Waals surface area contributed by atoms with E-state index in [1.807, 2.05) is 27.7 Å². The zero-order valence-electron chi connectivity index (χ0n) is 13.8. The fourth-order valence-corrected chi connectivity index (χ4v) is 0.903. The van der Waals surface area contributed by atoms with Gasteiger partial charge in [-0.3, -0.25) is 0 Å². The van der Waals surface area contributed by atoms with Crippen LogP contribution in [0.25, 0.3) is 0 Å². The van der Waals surface area contributed by atoms with Crippen molar-refractivity contribution in [2.45, 2.75) is 68.7 Å². The summed E-state index contributed by atoms with van der Waals surface area (Å²) in [6, 6.07) is 0. The SMILES string of the molecule is CC.CCC(C)=O.C\C=C/C(C)=C(C)/C(C)=C\C. The second-order valence-corrected chi connectivity index (χ2v) is 3.84. The minimum atomic E-state index is 0.255. The number of allylic oxidation sites excluding steroid dienone is 6. The van der Waals surface area contributed by atoms with E-state index in [9.17, 15) is 4.79 Å². The Labute approximate surface area is 115 Å². The van der Waals surface area contributed by atoms with E-state index < -0.39 is 0 Å². The average molecular weight is 252 g/mol. The predicted octanol–water partition coefficient (Wildman–Crippen LogP) is 5.88. The molecule has 0 saturated carbocycles. The third kappa shape index (κ3) is 14.9. The molecule has 0 radical (unpaired) electrons. The Morgan fingerprint density at radius 1 is 1.00 bits per heavy atom. The molecule has 0 bridgehead atoms. The van der Waals surface area contributed by atoms with E-state index in [1.165, 1.54) is 16.7 Å². The summed E-state index contributed by atoms with van der Waals surface area (Å²) in [7, 11) is 0. The molecule has 1 nitrogen and oxygen atoms in total. The van der Waals surface area contributed by atoms with Gasteiger partial charge in [0.25, 0.3) is 0 Å². The highest BCUT2D eigenvalue weighted by Gasteiger charge is 1.93. The molecule has 0 rings (SSSR count). The lowest BCUT2D eigenvalue weighted by Gasteiger charge is -2.02. The van der Waals surface area contributed by atoms with Gasteiger partial charge in [0.2, 0.25) is 0 Å². The first-order chi connectivity index (χ1) is 8.40. The fraction of sp³-hybridized carbons (Fsp3) is 0.588. The van der Waals surface area contributed by atoms with Gasteiger partial charge < -0.3 is 4.79 Å². The Bertz CT molecular complexity index is 291. The van der Waals surface area contributed by atoms with Crippen LogP contribution in [0.5, 0.6) is 0 Å². The lowest BCUT2D eigenvalue weighted by atomic mass is 10.0. The van der Waals surface area contributed by atoms with Gasteiger partial charge in [-0.15, -0.1) is 0 Å². The van der Waals surface area contributed by atoms with Crippen molar-refractivity contribution < 1.29 is 4.79 Å².